The van der Waals surface area contributed by atoms with Crippen molar-refractivity contribution in [2.24, 2.45) is 0 Å². The van der Waals surface area contributed by atoms with Crippen LogP contribution < -0.4 is 10.2 Å². The molecule has 0 bridgehead atoms. The third-order valence-electron chi connectivity index (χ3n) is 3.80. The monoisotopic (exact) mass is 340 g/mol. The van der Waals surface area contributed by atoms with Crippen LogP contribution in [0.1, 0.15) is 12.5 Å². The Morgan fingerprint density at radius 3 is 2.56 bits per heavy atom. The summed E-state index contributed by atoms with van der Waals surface area (Å²) >= 11 is 0. The molecule has 0 fully saturated rings. The van der Waals surface area contributed by atoms with Crippen molar-refractivity contribution in [1.29, 1.82) is 0 Å². The second-order valence-electron chi connectivity index (χ2n) is 5.64. The molecule has 3 N–H and O–H groups in total. The molecule has 128 valence electrons. The Bertz CT molecular complexity index is 1100. The van der Waals surface area contributed by atoms with Crippen molar-refractivity contribution in [3.63, 3.8) is 0 Å². The highest BCUT2D eigenvalue weighted by Crippen LogP contribution is 2.39. The van der Waals surface area contributed by atoms with Crippen molar-refractivity contribution in [3.05, 3.63) is 52.2 Å². The predicted molar refractivity (Wildman–Crippen MR) is 95.4 cm³/mol. The van der Waals surface area contributed by atoms with Crippen LogP contribution in [0.5, 0.6) is 23.0 Å². The van der Waals surface area contributed by atoms with E-state index in [9.17, 15) is 20.1 Å². The van der Waals surface area contributed by atoms with E-state index < -0.39 is 16.9 Å². The van der Waals surface area contributed by atoms with E-state index in [-0.39, 0.29) is 33.4 Å². The van der Waals surface area contributed by atoms with E-state index in [1.54, 1.807) is 19.1 Å². The summed E-state index contributed by atoms with van der Waals surface area (Å²) in [5.74, 6) is -0.984. The number of methoxy groups -OCH3 is 1. The highest BCUT2D eigenvalue weighted by Gasteiger charge is 2.20. The molecular weight excluding hydrogens is 324 g/mol. The number of rotatable bonds is 3. The molecule has 0 atom stereocenters. The molecule has 0 radical (unpaired) electrons. The van der Waals surface area contributed by atoms with Gasteiger partial charge in [0.2, 0.25) is 11.2 Å². The normalized spacial score (nSPS) is 11.4. The van der Waals surface area contributed by atoms with Gasteiger partial charge >= 0.3 is 0 Å². The van der Waals surface area contributed by atoms with E-state index in [1.165, 1.54) is 25.3 Å². The number of allylic oxidation sites excluding steroid dienone is 2. The van der Waals surface area contributed by atoms with Gasteiger partial charge in [0, 0.05) is 6.07 Å². The topological polar surface area (TPSA) is 100 Å². The molecule has 0 saturated carbocycles. The molecule has 25 heavy (non-hydrogen) atoms. The van der Waals surface area contributed by atoms with E-state index >= 15 is 0 Å². The third-order valence-corrected chi connectivity index (χ3v) is 3.80. The molecule has 1 heterocycles. The summed E-state index contributed by atoms with van der Waals surface area (Å²) in [6, 6.07) is 3.83. The number of aromatic hydroxyl groups is 3. The lowest BCUT2D eigenvalue weighted by molar-refractivity contribution is 0.400. The zero-order valence-corrected chi connectivity index (χ0v) is 13.7. The lowest BCUT2D eigenvalue weighted by atomic mass is 10.0. The zero-order chi connectivity index (χ0) is 18.3. The number of phenolic OH excluding ortho intramolecular Hbond substituents is 3. The van der Waals surface area contributed by atoms with E-state index in [1.807, 2.05) is 0 Å². The van der Waals surface area contributed by atoms with Gasteiger partial charge in [0.1, 0.15) is 16.9 Å². The second kappa shape index (κ2) is 5.90. The Balaban J connectivity index is 2.57. The van der Waals surface area contributed by atoms with Crippen LogP contribution in [0.3, 0.4) is 0 Å². The predicted octanol–water partition coefficient (Wildman–Crippen LogP) is 3.66. The van der Waals surface area contributed by atoms with Crippen LogP contribution >= 0.6 is 0 Å². The van der Waals surface area contributed by atoms with Gasteiger partial charge in [-0.3, -0.25) is 4.79 Å². The molecule has 2 aromatic carbocycles. The van der Waals surface area contributed by atoms with E-state index in [4.69, 9.17) is 9.15 Å². The highest BCUT2D eigenvalue weighted by molar-refractivity contribution is 6.00. The van der Waals surface area contributed by atoms with Crippen molar-refractivity contribution >= 4 is 28.0 Å². The first-order chi connectivity index (χ1) is 11.8. The molecule has 0 aliphatic carbocycles. The van der Waals surface area contributed by atoms with Crippen LogP contribution in [0.25, 0.3) is 28.0 Å². The molecule has 3 rings (SSSR count). The van der Waals surface area contributed by atoms with Crippen molar-refractivity contribution < 1.29 is 24.5 Å². The van der Waals surface area contributed by atoms with Gasteiger partial charge in [-0.05, 0) is 25.1 Å². The minimum Gasteiger partial charge on any atom is -0.507 e. The average molecular weight is 340 g/mol. The number of phenols is 3. The molecule has 0 spiro atoms. The van der Waals surface area contributed by atoms with Crippen LogP contribution in [0, 0.1) is 0 Å². The SMILES string of the molecule is C=C(C)/C=C/c1c(OC)cc(O)c2c(=O)c3ccc(O)c(O)c3oc12. The first-order valence-electron chi connectivity index (χ1n) is 7.40. The van der Waals surface area contributed by atoms with Gasteiger partial charge in [-0.2, -0.15) is 0 Å². The van der Waals surface area contributed by atoms with Gasteiger partial charge in [0.05, 0.1) is 18.1 Å². The number of hydrogen-bond donors (Lipinski definition) is 3. The Hall–Kier alpha value is -3.41. The van der Waals surface area contributed by atoms with Gasteiger partial charge < -0.3 is 24.5 Å². The number of benzene rings is 2. The van der Waals surface area contributed by atoms with Crippen LogP contribution in [0.2, 0.25) is 0 Å². The first kappa shape index (κ1) is 16.4. The quantitative estimate of drug-likeness (QED) is 0.382. The molecule has 3 aromatic rings. The number of hydrogen-bond acceptors (Lipinski definition) is 6. The maximum absolute atomic E-state index is 12.8. The highest BCUT2D eigenvalue weighted by atomic mass is 16.5. The number of fused-ring (bicyclic) bond motifs is 2. The van der Waals surface area contributed by atoms with Crippen molar-refractivity contribution in [2.45, 2.75) is 6.92 Å². The molecule has 6 heteroatoms. The average Bonchev–Trinajstić information content (AvgIpc) is 2.57. The molecule has 0 aliphatic heterocycles. The smallest absolute Gasteiger partial charge is 0.204 e. The second-order valence-corrected chi connectivity index (χ2v) is 5.64. The summed E-state index contributed by atoms with van der Waals surface area (Å²) in [7, 11) is 1.42. The summed E-state index contributed by atoms with van der Waals surface area (Å²) < 4.78 is 11.0. The molecule has 0 aliphatic rings. The lowest BCUT2D eigenvalue weighted by Gasteiger charge is -2.11. The maximum Gasteiger partial charge on any atom is 0.204 e. The van der Waals surface area contributed by atoms with E-state index in [0.29, 0.717) is 5.56 Å². The zero-order valence-electron chi connectivity index (χ0n) is 13.7. The standard InChI is InChI=1S/C19H16O6/c1-9(2)4-5-10-14(24-3)8-13(21)15-16(22)11-6-7-12(20)17(23)19(11)25-18(10)15/h4-8,20-21,23H,1H2,2-3H3/b5-4+. The van der Waals surface area contributed by atoms with Gasteiger partial charge in [-0.25, -0.2) is 0 Å². The fourth-order valence-corrected chi connectivity index (χ4v) is 2.59. The minimum absolute atomic E-state index is 0.0350. The van der Waals surface area contributed by atoms with Crippen LogP contribution in [0.4, 0.5) is 0 Å². The Morgan fingerprint density at radius 2 is 1.92 bits per heavy atom. The largest absolute Gasteiger partial charge is 0.507 e. The van der Waals surface area contributed by atoms with Gasteiger partial charge in [-0.15, -0.1) is 0 Å². The summed E-state index contributed by atoms with van der Waals surface area (Å²) in [4.78, 5) is 12.8. The van der Waals surface area contributed by atoms with Crippen molar-refractivity contribution in [1.82, 2.24) is 0 Å². The van der Waals surface area contributed by atoms with Gasteiger partial charge in [-0.1, -0.05) is 18.2 Å². The Morgan fingerprint density at radius 1 is 1.20 bits per heavy atom. The van der Waals surface area contributed by atoms with Crippen LogP contribution in [-0.4, -0.2) is 22.4 Å². The van der Waals surface area contributed by atoms with E-state index in [0.717, 1.165) is 5.57 Å². The first-order valence-corrected chi connectivity index (χ1v) is 7.40. The lowest BCUT2D eigenvalue weighted by Crippen LogP contribution is -2.04. The third kappa shape index (κ3) is 2.57. The Kier molecular flexibility index (Phi) is 3.88. The number of ether oxygens (including phenoxy) is 1. The Labute approximate surface area is 142 Å². The fraction of sp³-hybridized carbons (Fsp3) is 0.105. The molecular formula is C19H16O6. The van der Waals surface area contributed by atoms with Crippen molar-refractivity contribution in [2.75, 3.05) is 7.11 Å². The molecule has 6 nitrogen and oxygen atoms in total. The molecule has 1 aromatic heterocycles. The summed E-state index contributed by atoms with van der Waals surface area (Å²) in [6.07, 6.45) is 3.33. The van der Waals surface area contributed by atoms with Gasteiger partial charge in [0.15, 0.2) is 16.9 Å². The fourth-order valence-electron chi connectivity index (χ4n) is 2.59. The van der Waals surface area contributed by atoms with Gasteiger partial charge in [0.25, 0.3) is 0 Å². The minimum atomic E-state index is -0.548. The van der Waals surface area contributed by atoms with Crippen LogP contribution in [0.15, 0.2) is 45.6 Å². The van der Waals surface area contributed by atoms with Crippen LogP contribution in [-0.2, 0) is 0 Å². The summed E-state index contributed by atoms with van der Waals surface area (Å²) in [5, 5.41) is 30.0. The van der Waals surface area contributed by atoms with E-state index in [2.05, 4.69) is 6.58 Å². The summed E-state index contributed by atoms with van der Waals surface area (Å²) in [6.45, 7) is 5.57. The molecule has 0 unspecified atom stereocenters. The molecule has 0 saturated heterocycles. The summed E-state index contributed by atoms with van der Waals surface area (Å²) in [5.41, 5.74) is 0.492. The molecule has 0 amide bonds. The maximum atomic E-state index is 12.8. The van der Waals surface area contributed by atoms with Crippen molar-refractivity contribution in [3.8, 4) is 23.0 Å².